The fourth-order valence-corrected chi connectivity index (χ4v) is 0.669. The molecule has 0 saturated heterocycles. The highest BCUT2D eigenvalue weighted by Gasteiger charge is 2.14. The van der Waals surface area contributed by atoms with Crippen LogP contribution in [0.25, 0.3) is 0 Å². The van der Waals surface area contributed by atoms with Gasteiger partial charge in [-0.05, 0) is 0 Å². The number of hydrogen-bond donors (Lipinski definition) is 0. The van der Waals surface area contributed by atoms with Crippen molar-refractivity contribution in [2.45, 2.75) is 5.09 Å². The summed E-state index contributed by atoms with van der Waals surface area (Å²) >= 11 is 0. The lowest BCUT2D eigenvalue weighted by atomic mass is 11.0. The van der Waals surface area contributed by atoms with Gasteiger partial charge in [-0.15, -0.1) is 0 Å². The topological polar surface area (TPSA) is 60.2 Å². The predicted octanol–water partition coefficient (Wildman–Crippen LogP) is 0.333. The third kappa shape index (κ3) is 1.26. The quantitative estimate of drug-likeness (QED) is 0.543. The molecule has 0 bridgehead atoms. The van der Waals surface area contributed by atoms with Crippen molar-refractivity contribution in [2.75, 3.05) is 0 Å². The van der Waals surface area contributed by atoms with E-state index < -0.39 is 15.3 Å². The van der Waals surface area contributed by atoms with Crippen molar-refractivity contribution in [3.63, 3.8) is 0 Å². The first-order chi connectivity index (χ1) is 4.11. The highest BCUT2D eigenvalue weighted by molar-refractivity contribution is 7.86. The van der Waals surface area contributed by atoms with Crippen molar-refractivity contribution >= 4 is 10.2 Å². The van der Waals surface area contributed by atoms with E-state index in [-0.39, 0.29) is 0 Å². The summed E-state index contributed by atoms with van der Waals surface area (Å²) in [5.74, 6) is 0. The SMILES string of the molecule is O=S(=O)(F)c1cnco1. The van der Waals surface area contributed by atoms with E-state index in [4.69, 9.17) is 0 Å². The Morgan fingerprint density at radius 2 is 2.33 bits per heavy atom. The largest absolute Gasteiger partial charge is 0.430 e. The second-order valence-corrected chi connectivity index (χ2v) is 2.54. The molecule has 0 amide bonds. The summed E-state index contributed by atoms with van der Waals surface area (Å²) in [6, 6.07) is 0. The van der Waals surface area contributed by atoms with Crippen LogP contribution in [0.5, 0.6) is 0 Å². The zero-order valence-electron chi connectivity index (χ0n) is 4.11. The number of hydrogen-bond acceptors (Lipinski definition) is 4. The predicted molar refractivity (Wildman–Crippen MR) is 24.8 cm³/mol. The molecule has 0 fully saturated rings. The second-order valence-electron chi connectivity index (χ2n) is 1.26. The summed E-state index contributed by atoms with van der Waals surface area (Å²) in [6.45, 7) is 0. The van der Waals surface area contributed by atoms with Crippen molar-refractivity contribution in [3.8, 4) is 0 Å². The summed E-state index contributed by atoms with van der Waals surface area (Å²) < 4.78 is 35.7. The van der Waals surface area contributed by atoms with Gasteiger partial charge >= 0.3 is 10.2 Å². The van der Waals surface area contributed by atoms with Gasteiger partial charge in [-0.1, -0.05) is 3.89 Å². The lowest BCUT2D eigenvalue weighted by Crippen LogP contribution is -1.86. The number of nitrogens with zero attached hydrogens (tertiary/aromatic N) is 1. The van der Waals surface area contributed by atoms with E-state index in [1.54, 1.807) is 0 Å². The number of halogens is 1. The maximum Gasteiger partial charge on any atom is 0.367 e. The van der Waals surface area contributed by atoms with Crippen molar-refractivity contribution in [3.05, 3.63) is 12.6 Å². The first-order valence-corrected chi connectivity index (χ1v) is 3.32. The van der Waals surface area contributed by atoms with Crippen LogP contribution in [0.3, 0.4) is 0 Å². The first kappa shape index (κ1) is 6.21. The Labute approximate surface area is 50.5 Å². The summed E-state index contributed by atoms with van der Waals surface area (Å²) in [5.41, 5.74) is 0. The Kier molecular flexibility index (Phi) is 1.24. The lowest BCUT2D eigenvalue weighted by molar-refractivity contribution is 0.432. The molecule has 6 heteroatoms. The van der Waals surface area contributed by atoms with Crippen LogP contribution < -0.4 is 0 Å². The van der Waals surface area contributed by atoms with Crippen LogP contribution in [0.2, 0.25) is 0 Å². The third-order valence-electron chi connectivity index (χ3n) is 0.650. The molecule has 0 aliphatic heterocycles. The van der Waals surface area contributed by atoms with Crippen LogP contribution in [0.15, 0.2) is 22.1 Å². The van der Waals surface area contributed by atoms with Crippen molar-refractivity contribution in [1.29, 1.82) is 0 Å². The highest BCUT2D eigenvalue weighted by Crippen LogP contribution is 2.08. The zero-order valence-corrected chi connectivity index (χ0v) is 4.93. The minimum absolute atomic E-state index is 0.762. The van der Waals surface area contributed by atoms with Gasteiger partial charge in [-0.25, -0.2) is 4.98 Å². The Morgan fingerprint density at radius 1 is 1.67 bits per heavy atom. The molecule has 0 aromatic carbocycles. The van der Waals surface area contributed by atoms with E-state index in [0.29, 0.717) is 0 Å². The zero-order chi connectivity index (χ0) is 6.91. The van der Waals surface area contributed by atoms with Gasteiger partial charge in [0, 0.05) is 0 Å². The van der Waals surface area contributed by atoms with Crippen LogP contribution in [-0.2, 0) is 10.2 Å². The van der Waals surface area contributed by atoms with Crippen LogP contribution in [0.1, 0.15) is 0 Å². The highest BCUT2D eigenvalue weighted by atomic mass is 32.3. The maximum atomic E-state index is 11.8. The van der Waals surface area contributed by atoms with E-state index >= 15 is 0 Å². The van der Waals surface area contributed by atoms with Crippen LogP contribution >= 0.6 is 0 Å². The molecule has 1 aromatic heterocycles. The molecule has 1 heterocycles. The van der Waals surface area contributed by atoms with Crippen LogP contribution in [0.4, 0.5) is 3.89 Å². The fraction of sp³-hybridized carbons (Fsp3) is 0. The number of rotatable bonds is 1. The van der Waals surface area contributed by atoms with Gasteiger partial charge in [-0.2, -0.15) is 8.42 Å². The summed E-state index contributed by atoms with van der Waals surface area (Å²) in [7, 11) is -4.69. The molecule has 0 aliphatic carbocycles. The lowest BCUT2D eigenvalue weighted by Gasteiger charge is -1.79. The van der Waals surface area contributed by atoms with Crippen LogP contribution in [0, 0.1) is 0 Å². The molecule has 0 atom stereocenters. The van der Waals surface area contributed by atoms with E-state index in [0.717, 1.165) is 12.6 Å². The van der Waals surface area contributed by atoms with E-state index in [1.165, 1.54) is 0 Å². The normalized spacial score (nSPS) is 11.7. The fourth-order valence-electron chi connectivity index (χ4n) is 0.325. The van der Waals surface area contributed by atoms with Gasteiger partial charge in [0.15, 0.2) is 6.39 Å². The summed E-state index contributed by atoms with van der Waals surface area (Å²) in [4.78, 5) is 3.20. The average Bonchev–Trinajstić information content (AvgIpc) is 2.08. The van der Waals surface area contributed by atoms with E-state index in [2.05, 4.69) is 9.40 Å². The maximum absolute atomic E-state index is 11.8. The average molecular weight is 151 g/mol. The van der Waals surface area contributed by atoms with E-state index in [9.17, 15) is 12.3 Å². The van der Waals surface area contributed by atoms with Gasteiger partial charge in [0.05, 0.1) is 6.20 Å². The van der Waals surface area contributed by atoms with Crippen LogP contribution in [-0.4, -0.2) is 13.4 Å². The Hall–Kier alpha value is -0.910. The van der Waals surface area contributed by atoms with Gasteiger partial charge < -0.3 is 4.42 Å². The molecule has 0 radical (unpaired) electrons. The van der Waals surface area contributed by atoms with Gasteiger partial charge in [0.2, 0.25) is 0 Å². The minimum Gasteiger partial charge on any atom is -0.430 e. The number of oxazole rings is 1. The van der Waals surface area contributed by atoms with E-state index in [1.807, 2.05) is 0 Å². The standard InChI is InChI=1S/C3H2FNO3S/c4-9(6,7)3-1-5-2-8-3/h1-2H. The first-order valence-electron chi connectivity index (χ1n) is 1.94. The summed E-state index contributed by atoms with van der Waals surface area (Å²) in [6.07, 6.45) is 1.63. The van der Waals surface area contributed by atoms with Gasteiger partial charge in [0.1, 0.15) is 0 Å². The minimum atomic E-state index is -4.69. The Balaban J connectivity index is 3.20. The molecule has 9 heavy (non-hydrogen) atoms. The van der Waals surface area contributed by atoms with Crippen molar-refractivity contribution < 1.29 is 16.7 Å². The molecular formula is C3H2FNO3S. The summed E-state index contributed by atoms with van der Waals surface area (Å²) in [5, 5.41) is -0.762. The molecule has 0 N–H and O–H groups in total. The van der Waals surface area contributed by atoms with Gasteiger partial charge in [-0.3, -0.25) is 0 Å². The second kappa shape index (κ2) is 1.80. The Bertz CT molecular complexity index is 276. The number of aromatic nitrogens is 1. The smallest absolute Gasteiger partial charge is 0.367 e. The molecule has 0 unspecified atom stereocenters. The Morgan fingerprint density at radius 3 is 2.56 bits per heavy atom. The monoisotopic (exact) mass is 151 g/mol. The molecule has 1 aromatic rings. The third-order valence-corrected chi connectivity index (χ3v) is 1.33. The molecule has 0 saturated carbocycles. The molecule has 4 nitrogen and oxygen atoms in total. The van der Waals surface area contributed by atoms with Gasteiger partial charge in [0.25, 0.3) is 5.09 Å². The van der Waals surface area contributed by atoms with Crippen molar-refractivity contribution in [2.24, 2.45) is 0 Å². The molecule has 50 valence electrons. The molecule has 1 rings (SSSR count). The molecular weight excluding hydrogens is 149 g/mol. The van der Waals surface area contributed by atoms with Crippen molar-refractivity contribution in [1.82, 2.24) is 4.98 Å². The molecule has 0 aliphatic rings. The molecule has 0 spiro atoms.